The average Bonchev–Trinajstić information content (AvgIpc) is 2.89. The summed E-state index contributed by atoms with van der Waals surface area (Å²) in [5.74, 6) is -0.418. The van der Waals surface area contributed by atoms with E-state index in [9.17, 15) is 32.7 Å². The largest absolute Gasteiger partial charge is 0.487 e. The quantitative estimate of drug-likeness (QED) is 0.381. The molecule has 0 fully saturated rings. The second-order valence-electron chi connectivity index (χ2n) is 10.5. The van der Waals surface area contributed by atoms with Crippen LogP contribution in [0, 0.1) is 5.92 Å². The van der Waals surface area contributed by atoms with Gasteiger partial charge < -0.3 is 35.6 Å². The van der Waals surface area contributed by atoms with Gasteiger partial charge in [0.2, 0.25) is 0 Å². The highest BCUT2D eigenvalue weighted by Gasteiger charge is 2.34. The van der Waals surface area contributed by atoms with Crippen LogP contribution >= 0.6 is 0 Å². The number of nitrogens with zero attached hydrogens (tertiary/aromatic N) is 2. The number of carbonyl (C=O) groups is 3. The number of halogens is 3. The Kier molecular flexibility index (Phi) is 10.1. The highest BCUT2D eigenvalue weighted by Crippen LogP contribution is 2.31. The third-order valence-corrected chi connectivity index (χ3v) is 6.61. The number of alkyl halides is 3. The third-order valence-electron chi connectivity index (χ3n) is 6.61. The standard InChI is InChI=1S/C28H36F3N5O5/c1-16(2)32-26(39)33-21-10-11-23-22(12-21)25(38)36(18(4)15-37)13-17(3)24(41-23)14-35(5)27(40)34-20-8-6-19(7-9-20)28(29,30)31/h6-12,16-18,24,37H,13-15H2,1-5H3,(H,34,40)(H2,32,33,39)/t17-,18-,24+/m0/s1. The molecule has 3 rings (SSSR count). The summed E-state index contributed by atoms with van der Waals surface area (Å²) < 4.78 is 44.8. The molecule has 0 aliphatic carbocycles. The first-order chi connectivity index (χ1) is 19.2. The molecule has 0 saturated carbocycles. The maximum atomic E-state index is 13.5. The molecule has 0 saturated heterocycles. The first-order valence-electron chi connectivity index (χ1n) is 13.2. The first-order valence-corrected chi connectivity index (χ1v) is 13.2. The Labute approximate surface area is 236 Å². The second kappa shape index (κ2) is 13.1. The van der Waals surface area contributed by atoms with E-state index in [0.29, 0.717) is 5.69 Å². The van der Waals surface area contributed by atoms with Crippen molar-refractivity contribution in [3.8, 4) is 5.75 Å². The van der Waals surface area contributed by atoms with Crippen LogP contribution in [0.5, 0.6) is 5.75 Å². The summed E-state index contributed by atoms with van der Waals surface area (Å²) in [4.78, 5) is 41.5. The van der Waals surface area contributed by atoms with Gasteiger partial charge in [-0.2, -0.15) is 13.2 Å². The Morgan fingerprint density at radius 1 is 1.10 bits per heavy atom. The molecule has 224 valence electrons. The molecule has 0 bridgehead atoms. The summed E-state index contributed by atoms with van der Waals surface area (Å²) >= 11 is 0. The summed E-state index contributed by atoms with van der Waals surface area (Å²) in [6.07, 6.45) is -5.08. The zero-order valence-corrected chi connectivity index (χ0v) is 23.6. The van der Waals surface area contributed by atoms with Gasteiger partial charge >= 0.3 is 18.2 Å². The number of urea groups is 2. The minimum absolute atomic E-state index is 0.0827. The number of aliphatic hydroxyl groups is 1. The maximum Gasteiger partial charge on any atom is 0.416 e. The lowest BCUT2D eigenvalue weighted by Gasteiger charge is -2.38. The number of likely N-dealkylation sites (N-methyl/N-ethyl adjacent to an activating group) is 1. The first kappa shape index (κ1) is 31.5. The smallest absolute Gasteiger partial charge is 0.416 e. The van der Waals surface area contributed by atoms with Gasteiger partial charge in [-0.25, -0.2) is 9.59 Å². The minimum Gasteiger partial charge on any atom is -0.487 e. The van der Waals surface area contributed by atoms with Gasteiger partial charge in [0, 0.05) is 36.9 Å². The molecular weight excluding hydrogens is 543 g/mol. The number of hydrogen-bond acceptors (Lipinski definition) is 5. The summed E-state index contributed by atoms with van der Waals surface area (Å²) in [5.41, 5.74) is -0.0775. The van der Waals surface area contributed by atoms with E-state index in [0.717, 1.165) is 12.1 Å². The highest BCUT2D eigenvalue weighted by atomic mass is 19.4. The minimum atomic E-state index is -4.48. The number of benzene rings is 2. The van der Waals surface area contributed by atoms with Crippen LogP contribution < -0.4 is 20.7 Å². The van der Waals surface area contributed by atoms with Crippen LogP contribution in [0.2, 0.25) is 0 Å². The van der Waals surface area contributed by atoms with Crippen LogP contribution in [-0.2, 0) is 6.18 Å². The van der Waals surface area contributed by atoms with E-state index < -0.39 is 35.9 Å². The molecule has 2 aromatic carbocycles. The van der Waals surface area contributed by atoms with Gasteiger partial charge in [0.15, 0.2) is 0 Å². The summed E-state index contributed by atoms with van der Waals surface area (Å²) in [5, 5.41) is 17.8. The topological polar surface area (TPSA) is 123 Å². The normalized spacial score (nSPS) is 18.0. The lowest BCUT2D eigenvalue weighted by Crippen LogP contribution is -2.50. The molecule has 1 aliphatic heterocycles. The molecular formula is C28H36F3N5O5. The van der Waals surface area contributed by atoms with Crippen LogP contribution in [-0.4, -0.2) is 77.8 Å². The van der Waals surface area contributed by atoms with Crippen molar-refractivity contribution in [3.05, 3.63) is 53.6 Å². The van der Waals surface area contributed by atoms with E-state index in [1.165, 1.54) is 35.0 Å². The number of amides is 5. The predicted octanol–water partition coefficient (Wildman–Crippen LogP) is 4.62. The van der Waals surface area contributed by atoms with Gasteiger partial charge in [-0.15, -0.1) is 0 Å². The van der Waals surface area contributed by atoms with Crippen LogP contribution in [0.15, 0.2) is 42.5 Å². The van der Waals surface area contributed by atoms with Crippen molar-refractivity contribution in [2.45, 2.75) is 52.1 Å². The molecule has 0 spiro atoms. The predicted molar refractivity (Wildman–Crippen MR) is 148 cm³/mol. The molecule has 0 unspecified atom stereocenters. The fourth-order valence-corrected chi connectivity index (χ4v) is 4.26. The fourth-order valence-electron chi connectivity index (χ4n) is 4.26. The third kappa shape index (κ3) is 8.26. The van der Waals surface area contributed by atoms with Crippen LogP contribution in [0.1, 0.15) is 43.6 Å². The van der Waals surface area contributed by atoms with Crippen LogP contribution in [0.25, 0.3) is 0 Å². The van der Waals surface area contributed by atoms with Gasteiger partial charge in [-0.3, -0.25) is 4.79 Å². The zero-order valence-electron chi connectivity index (χ0n) is 23.6. The Hall–Kier alpha value is -4.00. The van der Waals surface area contributed by atoms with Crippen molar-refractivity contribution in [1.82, 2.24) is 15.1 Å². The molecule has 1 aliphatic rings. The SMILES string of the molecule is CC(C)NC(=O)Nc1ccc2c(c1)C(=O)N([C@@H](C)CO)C[C@H](C)[C@@H](CN(C)C(=O)Nc1ccc(C(F)(F)F)cc1)O2. The monoisotopic (exact) mass is 579 g/mol. The number of hydrogen-bond donors (Lipinski definition) is 4. The lowest BCUT2D eigenvalue weighted by molar-refractivity contribution is -0.137. The van der Waals surface area contributed by atoms with Gasteiger partial charge in [-0.05, 0) is 63.2 Å². The highest BCUT2D eigenvalue weighted by molar-refractivity contribution is 5.99. The summed E-state index contributed by atoms with van der Waals surface area (Å²) in [7, 11) is 1.52. The number of nitrogens with one attached hydrogen (secondary N) is 3. The number of rotatable bonds is 7. The number of carbonyl (C=O) groups excluding carboxylic acids is 3. The van der Waals surface area contributed by atoms with Crippen molar-refractivity contribution >= 4 is 29.3 Å². The molecule has 41 heavy (non-hydrogen) atoms. The molecule has 1 heterocycles. The van der Waals surface area contributed by atoms with E-state index in [1.807, 2.05) is 20.8 Å². The van der Waals surface area contributed by atoms with E-state index in [1.54, 1.807) is 19.1 Å². The summed E-state index contributed by atoms with van der Waals surface area (Å²) in [6, 6.07) is 7.17. The van der Waals surface area contributed by atoms with Crippen LogP contribution in [0.3, 0.4) is 0 Å². The molecule has 13 heteroatoms. The molecule has 0 radical (unpaired) electrons. The fraction of sp³-hybridized carbons (Fsp3) is 0.464. The van der Waals surface area contributed by atoms with Gasteiger partial charge in [-0.1, -0.05) is 6.92 Å². The van der Waals surface area contributed by atoms with Crippen molar-refractivity contribution in [1.29, 1.82) is 0 Å². The van der Waals surface area contributed by atoms with Crippen molar-refractivity contribution in [3.63, 3.8) is 0 Å². The average molecular weight is 580 g/mol. The Morgan fingerprint density at radius 3 is 2.32 bits per heavy atom. The second-order valence-corrected chi connectivity index (χ2v) is 10.5. The van der Waals surface area contributed by atoms with Crippen molar-refractivity contribution < 1.29 is 37.4 Å². The molecule has 3 atom stereocenters. The molecule has 2 aromatic rings. The molecule has 10 nitrogen and oxygen atoms in total. The molecule has 5 amide bonds. The Balaban J connectivity index is 1.82. The number of aliphatic hydroxyl groups excluding tert-OH is 1. The molecule has 0 aromatic heterocycles. The van der Waals surface area contributed by atoms with E-state index in [4.69, 9.17) is 4.74 Å². The zero-order chi connectivity index (χ0) is 30.5. The van der Waals surface area contributed by atoms with Crippen molar-refractivity contribution in [2.24, 2.45) is 5.92 Å². The van der Waals surface area contributed by atoms with Crippen LogP contribution in [0.4, 0.5) is 34.1 Å². The van der Waals surface area contributed by atoms with E-state index in [-0.39, 0.29) is 54.6 Å². The lowest BCUT2D eigenvalue weighted by atomic mass is 9.99. The van der Waals surface area contributed by atoms with Gasteiger partial charge in [0.25, 0.3) is 5.91 Å². The van der Waals surface area contributed by atoms with Gasteiger partial charge in [0.05, 0.1) is 30.3 Å². The number of fused-ring (bicyclic) bond motifs is 1. The van der Waals surface area contributed by atoms with E-state index in [2.05, 4.69) is 16.0 Å². The number of anilines is 2. The van der Waals surface area contributed by atoms with Gasteiger partial charge in [0.1, 0.15) is 11.9 Å². The number of ether oxygens (including phenoxy) is 1. The molecule has 4 N–H and O–H groups in total. The Bertz CT molecular complexity index is 1240. The van der Waals surface area contributed by atoms with E-state index >= 15 is 0 Å². The summed E-state index contributed by atoms with van der Waals surface area (Å²) in [6.45, 7) is 7.21. The van der Waals surface area contributed by atoms with Crippen molar-refractivity contribution in [2.75, 3.05) is 37.4 Å². The maximum absolute atomic E-state index is 13.5. The Morgan fingerprint density at radius 2 is 1.73 bits per heavy atom.